The second kappa shape index (κ2) is 6.59. The lowest BCUT2D eigenvalue weighted by molar-refractivity contribution is 0.0474. The molecule has 132 valence electrons. The van der Waals surface area contributed by atoms with Crippen LogP contribution >= 0.6 is 0 Å². The number of nitrogens with zero attached hydrogens (tertiary/aromatic N) is 2. The van der Waals surface area contributed by atoms with Crippen LogP contribution in [0.2, 0.25) is 0 Å². The van der Waals surface area contributed by atoms with Crippen LogP contribution in [-0.2, 0) is 17.6 Å². The Kier molecular flexibility index (Phi) is 4.12. The highest BCUT2D eigenvalue weighted by Crippen LogP contribution is 2.22. The van der Waals surface area contributed by atoms with Gasteiger partial charge in [-0.3, -0.25) is 4.79 Å². The zero-order valence-corrected chi connectivity index (χ0v) is 14.0. The number of ether oxygens (including phenoxy) is 1. The molecule has 0 fully saturated rings. The Labute approximate surface area is 148 Å². The third kappa shape index (κ3) is 3.03. The minimum Gasteiger partial charge on any atom is -0.454 e. The highest BCUT2D eigenvalue weighted by molar-refractivity contribution is 5.99. The first-order valence-corrected chi connectivity index (χ1v) is 8.51. The second-order valence-corrected chi connectivity index (χ2v) is 6.36. The van der Waals surface area contributed by atoms with Crippen LogP contribution in [0, 0.1) is 0 Å². The maximum atomic E-state index is 12.3. The lowest BCUT2D eigenvalue weighted by Gasteiger charge is -2.16. The number of ketones is 1. The largest absolute Gasteiger partial charge is 0.454 e. The Bertz CT molecular complexity index is 1060. The molecule has 7 heteroatoms. The number of carbonyl (C=O) groups excluding carboxylic acids is 2. The Morgan fingerprint density at radius 1 is 1.08 bits per heavy atom. The number of benzene rings is 1. The quantitative estimate of drug-likeness (QED) is 0.573. The summed E-state index contributed by atoms with van der Waals surface area (Å²) in [7, 11) is 0. The first-order chi connectivity index (χ1) is 12.6. The predicted octanol–water partition coefficient (Wildman–Crippen LogP) is 1.94. The highest BCUT2D eigenvalue weighted by Gasteiger charge is 2.16. The molecule has 7 nitrogen and oxygen atoms in total. The van der Waals surface area contributed by atoms with E-state index in [9.17, 15) is 14.4 Å². The normalized spacial score (nSPS) is 13.4. The molecule has 0 saturated carbocycles. The Balaban J connectivity index is 1.45. The molecule has 26 heavy (non-hydrogen) atoms. The highest BCUT2D eigenvalue weighted by atomic mass is 16.5. The topological polar surface area (TPSA) is 93.5 Å². The smallest absolute Gasteiger partial charge is 0.347 e. The molecule has 0 spiro atoms. The summed E-state index contributed by atoms with van der Waals surface area (Å²) in [5.41, 5.74) is 3.19. The molecule has 0 atom stereocenters. The molecule has 2 heterocycles. The number of aromatic amines is 1. The van der Waals surface area contributed by atoms with Gasteiger partial charge in [0.15, 0.2) is 18.0 Å². The van der Waals surface area contributed by atoms with E-state index in [4.69, 9.17) is 4.74 Å². The fourth-order valence-corrected chi connectivity index (χ4v) is 3.23. The van der Waals surface area contributed by atoms with Gasteiger partial charge >= 0.3 is 11.7 Å². The number of nitrogens with one attached hydrogen (secondary N) is 1. The van der Waals surface area contributed by atoms with Crippen molar-refractivity contribution < 1.29 is 14.3 Å². The van der Waals surface area contributed by atoms with Crippen molar-refractivity contribution in [2.75, 3.05) is 6.61 Å². The summed E-state index contributed by atoms with van der Waals surface area (Å²) in [6, 6.07) is 8.71. The van der Waals surface area contributed by atoms with Gasteiger partial charge < -0.3 is 4.74 Å². The van der Waals surface area contributed by atoms with Gasteiger partial charge in [-0.05, 0) is 55.0 Å². The number of aryl methyl sites for hydroxylation is 2. The van der Waals surface area contributed by atoms with E-state index in [2.05, 4.69) is 10.2 Å². The second-order valence-electron chi connectivity index (χ2n) is 6.36. The van der Waals surface area contributed by atoms with Crippen LogP contribution < -0.4 is 5.69 Å². The lowest BCUT2D eigenvalue weighted by atomic mass is 9.90. The fourth-order valence-electron chi connectivity index (χ4n) is 3.23. The summed E-state index contributed by atoms with van der Waals surface area (Å²) in [6.45, 7) is -0.337. The minimum atomic E-state index is -0.661. The first kappa shape index (κ1) is 16.3. The Morgan fingerprint density at radius 3 is 2.69 bits per heavy atom. The minimum absolute atomic E-state index is 0.180. The third-order valence-electron chi connectivity index (χ3n) is 4.65. The molecular formula is C19H17N3O4. The van der Waals surface area contributed by atoms with E-state index in [1.54, 1.807) is 6.07 Å². The van der Waals surface area contributed by atoms with Crippen molar-refractivity contribution in [3.05, 3.63) is 69.3 Å². The molecule has 2 aromatic heterocycles. The number of aromatic nitrogens is 3. The molecule has 4 rings (SSSR count). The van der Waals surface area contributed by atoms with Crippen molar-refractivity contribution >= 4 is 17.4 Å². The van der Waals surface area contributed by atoms with Gasteiger partial charge in [-0.15, -0.1) is 0 Å². The van der Waals surface area contributed by atoms with Crippen molar-refractivity contribution in [1.29, 1.82) is 0 Å². The van der Waals surface area contributed by atoms with E-state index in [0.717, 1.165) is 19.3 Å². The number of pyridine rings is 1. The lowest BCUT2D eigenvalue weighted by Crippen LogP contribution is -2.16. The average molecular weight is 351 g/mol. The standard InChI is InChI=1S/C19H17N3O4/c23-16(14-6-5-12-3-1-2-4-13(12)9-14)11-26-18(24)15-7-8-17-20-21-19(25)22(17)10-15/h5-10H,1-4,11H2,(H,21,25). The van der Waals surface area contributed by atoms with Gasteiger partial charge in [0, 0.05) is 11.8 Å². The number of carbonyl (C=O) groups is 2. The van der Waals surface area contributed by atoms with Crippen LogP contribution in [0.5, 0.6) is 0 Å². The maximum Gasteiger partial charge on any atom is 0.347 e. The molecule has 1 aromatic carbocycles. The van der Waals surface area contributed by atoms with E-state index in [-0.39, 0.29) is 18.0 Å². The SMILES string of the molecule is O=C(COC(=O)c1ccc2n[nH]c(=O)n2c1)c1ccc2c(c1)CCCC2. The summed E-state index contributed by atoms with van der Waals surface area (Å²) in [5, 5.41) is 6.08. The number of hydrogen-bond acceptors (Lipinski definition) is 5. The summed E-state index contributed by atoms with van der Waals surface area (Å²) < 4.78 is 6.33. The number of esters is 1. The molecule has 0 saturated heterocycles. The van der Waals surface area contributed by atoms with Crippen molar-refractivity contribution in [2.45, 2.75) is 25.7 Å². The van der Waals surface area contributed by atoms with Crippen LogP contribution in [0.4, 0.5) is 0 Å². The van der Waals surface area contributed by atoms with E-state index in [1.165, 1.54) is 40.3 Å². The van der Waals surface area contributed by atoms with Gasteiger partial charge in [0.05, 0.1) is 5.56 Å². The van der Waals surface area contributed by atoms with E-state index in [1.807, 2.05) is 12.1 Å². The van der Waals surface area contributed by atoms with Crippen LogP contribution in [0.1, 0.15) is 44.7 Å². The number of hydrogen-bond donors (Lipinski definition) is 1. The fraction of sp³-hybridized carbons (Fsp3) is 0.263. The van der Waals surface area contributed by atoms with Crippen LogP contribution in [0.3, 0.4) is 0 Å². The molecule has 0 aliphatic heterocycles. The average Bonchev–Trinajstić information content (AvgIpc) is 3.05. The molecule has 1 aliphatic carbocycles. The number of fused-ring (bicyclic) bond motifs is 2. The molecule has 3 aromatic rings. The third-order valence-corrected chi connectivity index (χ3v) is 4.65. The van der Waals surface area contributed by atoms with Gasteiger partial charge in [0.25, 0.3) is 0 Å². The monoisotopic (exact) mass is 351 g/mol. The maximum absolute atomic E-state index is 12.3. The molecular weight excluding hydrogens is 334 g/mol. The predicted molar refractivity (Wildman–Crippen MR) is 93.5 cm³/mol. The van der Waals surface area contributed by atoms with Gasteiger partial charge in [-0.25, -0.2) is 19.1 Å². The molecule has 0 radical (unpaired) electrons. The molecule has 0 unspecified atom stereocenters. The zero-order chi connectivity index (χ0) is 18.1. The van der Waals surface area contributed by atoms with Crippen LogP contribution in [0.15, 0.2) is 41.3 Å². The summed E-state index contributed by atoms with van der Waals surface area (Å²) in [4.78, 5) is 36.1. The van der Waals surface area contributed by atoms with Crippen LogP contribution in [-0.4, -0.2) is 33.0 Å². The van der Waals surface area contributed by atoms with E-state index < -0.39 is 11.7 Å². The van der Waals surface area contributed by atoms with Crippen molar-refractivity contribution in [2.24, 2.45) is 0 Å². The van der Waals surface area contributed by atoms with E-state index in [0.29, 0.717) is 11.2 Å². The van der Waals surface area contributed by atoms with Crippen molar-refractivity contribution in [3.63, 3.8) is 0 Å². The van der Waals surface area contributed by atoms with Crippen molar-refractivity contribution in [3.8, 4) is 0 Å². The van der Waals surface area contributed by atoms with Gasteiger partial charge in [0.2, 0.25) is 0 Å². The number of H-pyrrole nitrogens is 1. The number of rotatable bonds is 4. The van der Waals surface area contributed by atoms with Gasteiger partial charge in [0.1, 0.15) is 0 Å². The Morgan fingerprint density at radius 2 is 1.85 bits per heavy atom. The summed E-state index contributed by atoms with van der Waals surface area (Å²) in [5.74, 6) is -0.903. The molecule has 0 bridgehead atoms. The molecule has 0 amide bonds. The van der Waals surface area contributed by atoms with Crippen molar-refractivity contribution in [1.82, 2.24) is 14.6 Å². The Hall–Kier alpha value is -3.22. The zero-order valence-electron chi connectivity index (χ0n) is 14.0. The van der Waals surface area contributed by atoms with Crippen LogP contribution in [0.25, 0.3) is 5.65 Å². The summed E-state index contributed by atoms with van der Waals surface area (Å²) in [6.07, 6.45) is 5.69. The summed E-state index contributed by atoms with van der Waals surface area (Å²) >= 11 is 0. The van der Waals surface area contributed by atoms with Gasteiger partial charge in [-0.2, -0.15) is 5.10 Å². The van der Waals surface area contributed by atoms with Gasteiger partial charge in [-0.1, -0.05) is 12.1 Å². The number of Topliss-reactive ketones (excluding diaryl/α,β-unsaturated/α-hetero) is 1. The molecule has 1 N–H and O–H groups in total. The van der Waals surface area contributed by atoms with E-state index >= 15 is 0 Å². The first-order valence-electron chi connectivity index (χ1n) is 8.51. The molecule has 1 aliphatic rings.